The fourth-order valence-corrected chi connectivity index (χ4v) is 4.99. The predicted molar refractivity (Wildman–Crippen MR) is 114 cm³/mol. The topological polar surface area (TPSA) is 62.1 Å². The Hall–Kier alpha value is -2.32. The second kappa shape index (κ2) is 8.36. The van der Waals surface area contributed by atoms with Crippen molar-refractivity contribution in [3.8, 4) is 11.8 Å². The van der Waals surface area contributed by atoms with Crippen molar-refractivity contribution in [1.82, 2.24) is 0 Å². The third kappa shape index (κ3) is 4.39. The number of benzene rings is 1. The molecule has 0 saturated heterocycles. The quantitative estimate of drug-likeness (QED) is 0.719. The van der Waals surface area contributed by atoms with Crippen LogP contribution in [0.25, 0.3) is 0 Å². The monoisotopic (exact) mass is 396 g/mol. The lowest BCUT2D eigenvalue weighted by Crippen LogP contribution is -2.32. The van der Waals surface area contributed by atoms with Gasteiger partial charge in [-0.3, -0.25) is 4.79 Å². The molecule has 1 heterocycles. The smallest absolute Gasteiger partial charge is 0.266 e. The number of amides is 1. The summed E-state index contributed by atoms with van der Waals surface area (Å²) in [6.07, 6.45) is 2.94. The minimum Gasteiger partial charge on any atom is -0.481 e. The summed E-state index contributed by atoms with van der Waals surface area (Å²) < 4.78 is 5.84. The number of carbonyl (C=O) groups is 1. The molecular weight excluding hydrogens is 368 g/mol. The first-order chi connectivity index (χ1) is 13.3. The van der Waals surface area contributed by atoms with E-state index in [0.717, 1.165) is 24.8 Å². The van der Waals surface area contributed by atoms with Crippen LogP contribution in [0.2, 0.25) is 0 Å². The Bertz CT molecular complexity index is 874. The molecule has 4 nitrogen and oxygen atoms in total. The van der Waals surface area contributed by atoms with Crippen LogP contribution in [0, 0.1) is 22.7 Å². The molecule has 1 amide bonds. The fraction of sp³-hybridized carbons (Fsp3) is 0.478. The SMILES string of the molecule is CC[C@@H](Oc1ccccc1)C(=O)Nc1sc2c(c1C#N)CC[C@@H](C(C)(C)C)C2. The molecule has 1 N–H and O–H groups in total. The second-order valence-corrected chi connectivity index (χ2v) is 9.55. The van der Waals surface area contributed by atoms with E-state index in [2.05, 4.69) is 32.2 Å². The number of hydrogen-bond donors (Lipinski definition) is 1. The zero-order valence-corrected chi connectivity index (χ0v) is 17.9. The van der Waals surface area contributed by atoms with E-state index >= 15 is 0 Å². The van der Waals surface area contributed by atoms with Crippen LogP contribution in [0.4, 0.5) is 5.00 Å². The van der Waals surface area contributed by atoms with Gasteiger partial charge in [0.25, 0.3) is 5.91 Å². The van der Waals surface area contributed by atoms with E-state index < -0.39 is 6.10 Å². The van der Waals surface area contributed by atoms with Gasteiger partial charge in [-0.05, 0) is 54.7 Å². The third-order valence-corrected chi connectivity index (χ3v) is 6.69. The van der Waals surface area contributed by atoms with Gasteiger partial charge in [-0.1, -0.05) is 45.9 Å². The fourth-order valence-electron chi connectivity index (χ4n) is 3.71. The maximum absolute atomic E-state index is 12.8. The van der Waals surface area contributed by atoms with E-state index in [1.807, 2.05) is 37.3 Å². The van der Waals surface area contributed by atoms with Gasteiger partial charge < -0.3 is 10.1 Å². The highest BCUT2D eigenvalue weighted by Gasteiger charge is 2.32. The van der Waals surface area contributed by atoms with Crippen LogP contribution >= 0.6 is 11.3 Å². The molecular formula is C23H28N2O2S. The number of hydrogen-bond acceptors (Lipinski definition) is 4. The maximum Gasteiger partial charge on any atom is 0.266 e. The highest BCUT2D eigenvalue weighted by molar-refractivity contribution is 7.16. The number of anilines is 1. The molecule has 1 aliphatic rings. The van der Waals surface area contributed by atoms with Gasteiger partial charge in [-0.2, -0.15) is 5.26 Å². The summed E-state index contributed by atoms with van der Waals surface area (Å²) in [6.45, 7) is 8.75. The molecule has 0 aliphatic heterocycles. The molecule has 2 atom stereocenters. The predicted octanol–water partition coefficient (Wildman–Crippen LogP) is 5.57. The maximum atomic E-state index is 12.8. The van der Waals surface area contributed by atoms with Crippen molar-refractivity contribution in [3.05, 3.63) is 46.3 Å². The third-order valence-electron chi connectivity index (χ3n) is 5.52. The van der Waals surface area contributed by atoms with Crippen molar-refractivity contribution in [2.45, 2.75) is 59.5 Å². The number of carbonyl (C=O) groups excluding carboxylic acids is 1. The molecule has 0 bridgehead atoms. The zero-order valence-electron chi connectivity index (χ0n) is 17.0. The highest BCUT2D eigenvalue weighted by atomic mass is 32.1. The Morgan fingerprint density at radius 3 is 2.68 bits per heavy atom. The molecule has 1 aromatic carbocycles. The summed E-state index contributed by atoms with van der Waals surface area (Å²) in [5.41, 5.74) is 2.00. The Labute approximate surface area is 171 Å². The van der Waals surface area contributed by atoms with E-state index in [1.165, 1.54) is 4.88 Å². The van der Waals surface area contributed by atoms with Crippen LogP contribution in [0.5, 0.6) is 5.75 Å². The second-order valence-electron chi connectivity index (χ2n) is 8.44. The molecule has 0 saturated carbocycles. The van der Waals surface area contributed by atoms with Gasteiger partial charge in [0, 0.05) is 4.88 Å². The largest absolute Gasteiger partial charge is 0.481 e. The van der Waals surface area contributed by atoms with Crippen molar-refractivity contribution in [1.29, 1.82) is 5.26 Å². The van der Waals surface area contributed by atoms with Gasteiger partial charge in [0.15, 0.2) is 6.10 Å². The first kappa shape index (κ1) is 20.4. The van der Waals surface area contributed by atoms with Gasteiger partial charge >= 0.3 is 0 Å². The van der Waals surface area contributed by atoms with E-state index in [1.54, 1.807) is 11.3 Å². The first-order valence-electron chi connectivity index (χ1n) is 9.90. The number of para-hydroxylation sites is 1. The molecule has 2 aromatic rings. The molecule has 0 fully saturated rings. The van der Waals surface area contributed by atoms with E-state index in [4.69, 9.17) is 4.74 Å². The number of ether oxygens (including phenoxy) is 1. The molecule has 5 heteroatoms. The van der Waals surface area contributed by atoms with Crippen LogP contribution in [0.3, 0.4) is 0 Å². The molecule has 0 spiro atoms. The van der Waals surface area contributed by atoms with Gasteiger partial charge in [-0.25, -0.2) is 0 Å². The minimum atomic E-state index is -0.588. The van der Waals surface area contributed by atoms with E-state index in [-0.39, 0.29) is 11.3 Å². The van der Waals surface area contributed by atoms with Gasteiger partial charge in [0.05, 0.1) is 5.56 Å². The number of nitriles is 1. The van der Waals surface area contributed by atoms with Crippen LogP contribution < -0.4 is 10.1 Å². The molecule has 1 aliphatic carbocycles. The molecule has 1 aromatic heterocycles. The Morgan fingerprint density at radius 2 is 2.07 bits per heavy atom. The first-order valence-corrected chi connectivity index (χ1v) is 10.7. The molecule has 0 unspecified atom stereocenters. The summed E-state index contributed by atoms with van der Waals surface area (Å²) >= 11 is 1.56. The minimum absolute atomic E-state index is 0.200. The summed E-state index contributed by atoms with van der Waals surface area (Å²) in [5.74, 6) is 1.07. The number of thiophene rings is 1. The standard InChI is InChI=1S/C23H28N2O2S/c1-5-19(27-16-9-7-6-8-10-16)21(26)25-22-18(14-24)17-12-11-15(23(2,3)4)13-20(17)28-22/h6-10,15,19H,5,11-13H2,1-4H3,(H,25,26)/t15-,19-/m1/s1. The van der Waals surface area contributed by atoms with Gasteiger partial charge in [-0.15, -0.1) is 11.3 Å². The molecule has 148 valence electrons. The Morgan fingerprint density at radius 1 is 1.36 bits per heavy atom. The average molecular weight is 397 g/mol. The number of nitrogens with one attached hydrogen (secondary N) is 1. The summed E-state index contributed by atoms with van der Waals surface area (Å²) in [4.78, 5) is 14.1. The van der Waals surface area contributed by atoms with Crippen LogP contribution in [-0.4, -0.2) is 12.0 Å². The molecule has 3 rings (SSSR count). The number of fused-ring (bicyclic) bond motifs is 1. The van der Waals surface area contributed by atoms with Crippen molar-refractivity contribution in [3.63, 3.8) is 0 Å². The summed E-state index contributed by atoms with van der Waals surface area (Å²) in [6, 6.07) is 11.7. The highest BCUT2D eigenvalue weighted by Crippen LogP contribution is 2.44. The summed E-state index contributed by atoms with van der Waals surface area (Å²) in [5, 5.41) is 13.4. The Kier molecular flexibility index (Phi) is 6.10. The van der Waals surface area contributed by atoms with E-state index in [0.29, 0.717) is 28.7 Å². The molecule has 28 heavy (non-hydrogen) atoms. The normalized spacial score (nSPS) is 17.3. The van der Waals surface area contributed by atoms with Gasteiger partial charge in [0.2, 0.25) is 0 Å². The van der Waals surface area contributed by atoms with Crippen LogP contribution in [0.15, 0.2) is 30.3 Å². The zero-order chi connectivity index (χ0) is 20.3. The number of nitrogens with zero attached hydrogens (tertiary/aromatic N) is 1. The van der Waals surface area contributed by atoms with Gasteiger partial charge in [0.1, 0.15) is 16.8 Å². The van der Waals surface area contributed by atoms with Crippen LogP contribution in [0.1, 0.15) is 56.5 Å². The van der Waals surface area contributed by atoms with Crippen molar-refractivity contribution in [2.24, 2.45) is 11.3 Å². The number of rotatable bonds is 5. The average Bonchev–Trinajstić information content (AvgIpc) is 3.02. The van der Waals surface area contributed by atoms with E-state index in [9.17, 15) is 10.1 Å². The lowest BCUT2D eigenvalue weighted by molar-refractivity contribution is -0.122. The lowest BCUT2D eigenvalue weighted by Gasteiger charge is -2.33. The molecule has 0 radical (unpaired) electrons. The van der Waals surface area contributed by atoms with Crippen molar-refractivity contribution >= 4 is 22.2 Å². The van der Waals surface area contributed by atoms with Crippen molar-refractivity contribution < 1.29 is 9.53 Å². The Balaban J connectivity index is 1.78. The lowest BCUT2D eigenvalue weighted by atomic mass is 9.72. The van der Waals surface area contributed by atoms with Crippen LogP contribution in [-0.2, 0) is 17.6 Å². The van der Waals surface area contributed by atoms with Crippen molar-refractivity contribution in [2.75, 3.05) is 5.32 Å². The summed E-state index contributed by atoms with van der Waals surface area (Å²) in [7, 11) is 0.